The highest BCUT2D eigenvalue weighted by Gasteiger charge is 2.30. The van der Waals surface area contributed by atoms with E-state index >= 15 is 0 Å². The molecule has 1 heterocycles. The SMILES string of the molecule is Cn1nnc(CNC(=O)C(CCC(=O)O)NC(=O)OCC2c3ccccc3-c3ccccc32)n1. The predicted octanol–water partition coefficient (Wildman–Crippen LogP) is 1.60. The molecular formula is C23H24N6O5. The first kappa shape index (κ1) is 22.9. The maximum absolute atomic E-state index is 12.6. The number of aryl methyl sites for hydroxylation is 1. The molecule has 176 valence electrons. The van der Waals surface area contributed by atoms with Crippen LogP contribution >= 0.6 is 0 Å². The summed E-state index contributed by atoms with van der Waals surface area (Å²) in [7, 11) is 1.59. The Morgan fingerprint density at radius 2 is 1.74 bits per heavy atom. The molecule has 1 atom stereocenters. The molecule has 0 radical (unpaired) electrons. The lowest BCUT2D eigenvalue weighted by molar-refractivity contribution is -0.137. The number of aromatic nitrogens is 4. The molecule has 4 rings (SSSR count). The molecule has 0 saturated heterocycles. The zero-order valence-corrected chi connectivity index (χ0v) is 18.5. The number of carboxylic acids is 1. The number of hydrogen-bond donors (Lipinski definition) is 3. The molecule has 0 bridgehead atoms. The number of aliphatic carboxylic acids is 1. The second-order valence-electron chi connectivity index (χ2n) is 7.87. The maximum atomic E-state index is 12.6. The average Bonchev–Trinajstić information content (AvgIpc) is 3.39. The summed E-state index contributed by atoms with van der Waals surface area (Å²) >= 11 is 0. The van der Waals surface area contributed by atoms with Gasteiger partial charge >= 0.3 is 12.1 Å². The van der Waals surface area contributed by atoms with Crippen molar-refractivity contribution in [2.24, 2.45) is 7.05 Å². The lowest BCUT2D eigenvalue weighted by Crippen LogP contribution is -2.47. The van der Waals surface area contributed by atoms with Crippen molar-refractivity contribution in [3.8, 4) is 11.1 Å². The van der Waals surface area contributed by atoms with Crippen molar-refractivity contribution in [2.75, 3.05) is 6.61 Å². The van der Waals surface area contributed by atoms with E-state index in [2.05, 4.69) is 26.0 Å². The minimum atomic E-state index is -1.09. The van der Waals surface area contributed by atoms with Crippen LogP contribution in [-0.4, -0.2) is 55.9 Å². The largest absolute Gasteiger partial charge is 0.481 e. The van der Waals surface area contributed by atoms with Gasteiger partial charge in [-0.15, -0.1) is 10.2 Å². The van der Waals surface area contributed by atoms with Crippen LogP contribution in [0.3, 0.4) is 0 Å². The van der Waals surface area contributed by atoms with E-state index in [1.54, 1.807) is 7.05 Å². The molecule has 34 heavy (non-hydrogen) atoms. The number of benzene rings is 2. The Morgan fingerprint density at radius 3 is 2.32 bits per heavy atom. The maximum Gasteiger partial charge on any atom is 0.407 e. The second kappa shape index (κ2) is 10.1. The van der Waals surface area contributed by atoms with E-state index in [0.29, 0.717) is 0 Å². The highest BCUT2D eigenvalue weighted by Crippen LogP contribution is 2.44. The van der Waals surface area contributed by atoms with Gasteiger partial charge in [-0.25, -0.2) is 4.79 Å². The van der Waals surface area contributed by atoms with Gasteiger partial charge in [0.05, 0.1) is 13.6 Å². The van der Waals surface area contributed by atoms with Gasteiger partial charge in [-0.3, -0.25) is 9.59 Å². The zero-order chi connectivity index (χ0) is 24.1. The molecule has 1 aromatic heterocycles. The number of carboxylic acid groups (broad SMARTS) is 1. The second-order valence-corrected chi connectivity index (χ2v) is 7.87. The number of rotatable bonds is 9. The number of tetrazole rings is 1. The molecule has 0 fully saturated rings. The van der Waals surface area contributed by atoms with Crippen molar-refractivity contribution in [3.05, 3.63) is 65.5 Å². The Kier molecular flexibility index (Phi) is 6.81. The van der Waals surface area contributed by atoms with Crippen LogP contribution in [0, 0.1) is 0 Å². The van der Waals surface area contributed by atoms with Crippen LogP contribution in [0.25, 0.3) is 11.1 Å². The fourth-order valence-corrected chi connectivity index (χ4v) is 4.00. The number of nitrogens with one attached hydrogen (secondary N) is 2. The summed E-state index contributed by atoms with van der Waals surface area (Å²) in [6.45, 7) is 0.0687. The Labute approximate surface area is 195 Å². The standard InChI is InChI=1S/C23H24N6O5/c1-29-27-20(26-28-29)12-24-22(32)19(10-11-21(30)31)25-23(33)34-13-18-16-8-4-2-6-14(16)15-7-3-5-9-17(15)18/h2-9,18-19H,10-13H2,1H3,(H,24,32)(H,25,33)(H,30,31). The van der Waals surface area contributed by atoms with Crippen LogP contribution < -0.4 is 10.6 Å². The number of ether oxygens (including phenoxy) is 1. The summed E-state index contributed by atoms with van der Waals surface area (Å²) in [5.74, 6) is -1.49. The van der Waals surface area contributed by atoms with Gasteiger partial charge in [-0.1, -0.05) is 48.5 Å². The molecule has 0 spiro atoms. The monoisotopic (exact) mass is 464 g/mol. The number of carbonyl (C=O) groups is 3. The Hall–Kier alpha value is -4.28. The summed E-state index contributed by atoms with van der Waals surface area (Å²) in [4.78, 5) is 37.4. The van der Waals surface area contributed by atoms with Gasteiger partial charge in [0, 0.05) is 12.3 Å². The number of hydrogen-bond acceptors (Lipinski definition) is 7. The minimum Gasteiger partial charge on any atom is -0.481 e. The highest BCUT2D eigenvalue weighted by atomic mass is 16.5. The van der Waals surface area contributed by atoms with Gasteiger partial charge in [0.2, 0.25) is 5.91 Å². The molecule has 11 heteroatoms. The Morgan fingerprint density at radius 1 is 1.09 bits per heavy atom. The third-order valence-corrected chi connectivity index (χ3v) is 5.57. The molecule has 3 aromatic rings. The van der Waals surface area contributed by atoms with E-state index < -0.39 is 24.0 Å². The molecule has 2 amide bonds. The number of alkyl carbamates (subject to hydrolysis) is 1. The summed E-state index contributed by atoms with van der Waals surface area (Å²) in [6, 6.07) is 14.8. The van der Waals surface area contributed by atoms with Gasteiger partial charge < -0.3 is 20.5 Å². The van der Waals surface area contributed by atoms with E-state index in [1.165, 1.54) is 4.80 Å². The Bertz CT molecular complexity index is 1160. The lowest BCUT2D eigenvalue weighted by Gasteiger charge is -2.19. The quantitative estimate of drug-likeness (QED) is 0.432. The number of fused-ring (bicyclic) bond motifs is 3. The fraction of sp³-hybridized carbons (Fsp3) is 0.304. The van der Waals surface area contributed by atoms with Gasteiger partial charge in [0.1, 0.15) is 12.6 Å². The summed E-state index contributed by atoms with van der Waals surface area (Å²) in [6.07, 6.45) is -1.20. The minimum absolute atomic E-state index is 0.0113. The van der Waals surface area contributed by atoms with E-state index in [0.717, 1.165) is 22.3 Å². The average molecular weight is 464 g/mol. The first-order valence-electron chi connectivity index (χ1n) is 10.8. The van der Waals surface area contributed by atoms with E-state index in [9.17, 15) is 14.4 Å². The van der Waals surface area contributed by atoms with E-state index in [1.807, 2.05) is 48.5 Å². The molecular weight excluding hydrogens is 440 g/mol. The van der Waals surface area contributed by atoms with Crippen LogP contribution in [0.4, 0.5) is 4.79 Å². The van der Waals surface area contributed by atoms with Crippen LogP contribution in [0.2, 0.25) is 0 Å². The highest BCUT2D eigenvalue weighted by molar-refractivity contribution is 5.86. The normalized spacial score (nSPS) is 13.0. The van der Waals surface area contributed by atoms with Gasteiger partial charge in [0.25, 0.3) is 0 Å². The topological polar surface area (TPSA) is 148 Å². The van der Waals surface area contributed by atoms with Crippen molar-refractivity contribution in [1.82, 2.24) is 30.8 Å². The molecule has 0 saturated carbocycles. The molecule has 11 nitrogen and oxygen atoms in total. The van der Waals surface area contributed by atoms with Crippen LogP contribution in [0.15, 0.2) is 48.5 Å². The summed E-state index contributed by atoms with van der Waals surface area (Å²) < 4.78 is 5.48. The van der Waals surface area contributed by atoms with Gasteiger partial charge in [-0.05, 0) is 33.9 Å². The first-order chi connectivity index (χ1) is 16.4. The van der Waals surface area contributed by atoms with Crippen molar-refractivity contribution >= 4 is 18.0 Å². The summed E-state index contributed by atoms with van der Waals surface area (Å²) in [5.41, 5.74) is 4.33. The molecule has 3 N–H and O–H groups in total. The van der Waals surface area contributed by atoms with Crippen molar-refractivity contribution < 1.29 is 24.2 Å². The fourth-order valence-electron chi connectivity index (χ4n) is 4.00. The van der Waals surface area contributed by atoms with Crippen LogP contribution in [-0.2, 0) is 27.9 Å². The van der Waals surface area contributed by atoms with Gasteiger partial charge in [0.15, 0.2) is 5.82 Å². The molecule has 1 unspecified atom stereocenters. The third kappa shape index (κ3) is 5.20. The zero-order valence-electron chi connectivity index (χ0n) is 18.5. The molecule has 1 aliphatic carbocycles. The third-order valence-electron chi connectivity index (χ3n) is 5.57. The van der Waals surface area contributed by atoms with Gasteiger partial charge in [-0.2, -0.15) is 4.80 Å². The number of amides is 2. The summed E-state index contributed by atoms with van der Waals surface area (Å²) in [5, 5.41) is 25.5. The smallest absolute Gasteiger partial charge is 0.407 e. The van der Waals surface area contributed by atoms with Crippen molar-refractivity contribution in [2.45, 2.75) is 31.3 Å². The first-order valence-corrected chi connectivity index (χ1v) is 10.8. The Balaban J connectivity index is 1.38. The number of nitrogens with zero attached hydrogens (tertiary/aromatic N) is 4. The number of carbonyl (C=O) groups excluding carboxylic acids is 2. The molecule has 0 aliphatic heterocycles. The van der Waals surface area contributed by atoms with Crippen LogP contribution in [0.5, 0.6) is 0 Å². The molecule has 2 aromatic carbocycles. The van der Waals surface area contributed by atoms with Crippen LogP contribution in [0.1, 0.15) is 35.7 Å². The predicted molar refractivity (Wildman–Crippen MR) is 120 cm³/mol. The van der Waals surface area contributed by atoms with Crippen molar-refractivity contribution in [1.29, 1.82) is 0 Å². The molecule has 1 aliphatic rings. The lowest BCUT2D eigenvalue weighted by atomic mass is 9.98. The van der Waals surface area contributed by atoms with Crippen molar-refractivity contribution in [3.63, 3.8) is 0 Å². The van der Waals surface area contributed by atoms with E-state index in [4.69, 9.17) is 9.84 Å². The van der Waals surface area contributed by atoms with E-state index in [-0.39, 0.29) is 37.7 Å².